The molecule has 1 amide bonds. The fourth-order valence-electron chi connectivity index (χ4n) is 3.69. The third-order valence-electron chi connectivity index (χ3n) is 4.66. The van der Waals surface area contributed by atoms with Crippen LogP contribution in [-0.2, 0) is 11.4 Å². The summed E-state index contributed by atoms with van der Waals surface area (Å²) in [6.45, 7) is 8.45. The summed E-state index contributed by atoms with van der Waals surface area (Å²) in [4.78, 5) is 15.6. The minimum absolute atomic E-state index is 0.169. The number of amides is 1. The zero-order valence-corrected chi connectivity index (χ0v) is 17.7. The van der Waals surface area contributed by atoms with Gasteiger partial charge in [0, 0.05) is 29.8 Å². The standard InChI is InChI=1S/C22H29N3O4/c1-13(2)9-22(4,23)12-29-18-7-6-16-17-8-19(25-14(3)26)24-10-15(17)11-28-20(16)21(18)27-5/h6-8,10,13H,9,11-12,23H2,1-5H3,(H,24,25,26). The Bertz CT molecular complexity index is 909. The number of hydrogen-bond acceptors (Lipinski definition) is 6. The van der Waals surface area contributed by atoms with Gasteiger partial charge in [0.15, 0.2) is 11.5 Å². The molecule has 2 heterocycles. The first-order chi connectivity index (χ1) is 13.7. The summed E-state index contributed by atoms with van der Waals surface area (Å²) < 4.78 is 17.6. The van der Waals surface area contributed by atoms with Gasteiger partial charge in [-0.2, -0.15) is 0 Å². The molecule has 1 atom stereocenters. The summed E-state index contributed by atoms with van der Waals surface area (Å²) in [6, 6.07) is 5.64. The molecule has 7 heteroatoms. The second-order valence-electron chi connectivity index (χ2n) is 8.21. The Hall–Kier alpha value is -2.80. The maximum absolute atomic E-state index is 11.4. The average Bonchev–Trinajstić information content (AvgIpc) is 2.64. The number of hydrogen-bond donors (Lipinski definition) is 2. The molecule has 3 rings (SSSR count). The number of nitrogens with zero attached hydrogens (tertiary/aromatic N) is 1. The average molecular weight is 399 g/mol. The van der Waals surface area contributed by atoms with Crippen molar-refractivity contribution in [2.75, 3.05) is 19.0 Å². The van der Waals surface area contributed by atoms with E-state index in [0.29, 0.717) is 42.2 Å². The van der Waals surface area contributed by atoms with Crippen LogP contribution in [0, 0.1) is 5.92 Å². The molecule has 29 heavy (non-hydrogen) atoms. The Morgan fingerprint density at radius 1 is 1.38 bits per heavy atom. The molecule has 0 aliphatic carbocycles. The van der Waals surface area contributed by atoms with Gasteiger partial charge in [-0.15, -0.1) is 0 Å². The molecule has 0 saturated carbocycles. The highest BCUT2D eigenvalue weighted by atomic mass is 16.5. The highest BCUT2D eigenvalue weighted by molar-refractivity contribution is 5.89. The molecule has 1 unspecified atom stereocenters. The van der Waals surface area contributed by atoms with Crippen LogP contribution in [0.4, 0.5) is 5.82 Å². The van der Waals surface area contributed by atoms with Crippen molar-refractivity contribution in [3.05, 3.63) is 30.0 Å². The fraction of sp³-hybridized carbons (Fsp3) is 0.455. The maximum Gasteiger partial charge on any atom is 0.222 e. The Kier molecular flexibility index (Phi) is 5.98. The molecule has 1 aliphatic heterocycles. The van der Waals surface area contributed by atoms with Gasteiger partial charge in [0.1, 0.15) is 19.0 Å². The number of fused-ring (bicyclic) bond motifs is 3. The van der Waals surface area contributed by atoms with Crippen molar-refractivity contribution < 1.29 is 19.0 Å². The molecule has 0 saturated heterocycles. The third-order valence-corrected chi connectivity index (χ3v) is 4.66. The first-order valence-corrected chi connectivity index (χ1v) is 9.72. The van der Waals surface area contributed by atoms with Crippen LogP contribution in [0.1, 0.15) is 39.7 Å². The van der Waals surface area contributed by atoms with Gasteiger partial charge in [0.05, 0.1) is 7.11 Å². The van der Waals surface area contributed by atoms with E-state index in [1.54, 1.807) is 13.3 Å². The molecule has 0 radical (unpaired) electrons. The van der Waals surface area contributed by atoms with E-state index in [4.69, 9.17) is 19.9 Å². The molecular formula is C22H29N3O4. The van der Waals surface area contributed by atoms with Crippen molar-refractivity contribution in [3.8, 4) is 28.4 Å². The minimum atomic E-state index is -0.443. The quantitative estimate of drug-likeness (QED) is 0.736. The van der Waals surface area contributed by atoms with Gasteiger partial charge in [-0.3, -0.25) is 4.79 Å². The van der Waals surface area contributed by atoms with Crippen LogP contribution in [-0.4, -0.2) is 30.1 Å². The predicted octanol–water partition coefficient (Wildman–Crippen LogP) is 3.75. The highest BCUT2D eigenvalue weighted by Gasteiger charge is 2.27. The number of aromatic nitrogens is 1. The van der Waals surface area contributed by atoms with Gasteiger partial charge in [0.25, 0.3) is 0 Å². The molecule has 156 valence electrons. The predicted molar refractivity (Wildman–Crippen MR) is 112 cm³/mol. The van der Waals surface area contributed by atoms with E-state index in [9.17, 15) is 4.79 Å². The normalized spacial score (nSPS) is 14.3. The number of nitrogens with two attached hydrogens (primary N) is 1. The number of methoxy groups -OCH3 is 1. The lowest BCUT2D eigenvalue weighted by molar-refractivity contribution is -0.114. The lowest BCUT2D eigenvalue weighted by Crippen LogP contribution is -2.43. The van der Waals surface area contributed by atoms with Gasteiger partial charge in [-0.25, -0.2) is 4.98 Å². The zero-order chi connectivity index (χ0) is 21.2. The highest BCUT2D eigenvalue weighted by Crippen LogP contribution is 2.48. The van der Waals surface area contributed by atoms with Crippen molar-refractivity contribution in [1.29, 1.82) is 0 Å². The number of anilines is 1. The van der Waals surface area contributed by atoms with Gasteiger partial charge in [-0.1, -0.05) is 13.8 Å². The van der Waals surface area contributed by atoms with E-state index < -0.39 is 5.54 Å². The van der Waals surface area contributed by atoms with Crippen molar-refractivity contribution >= 4 is 11.7 Å². The number of benzene rings is 1. The van der Waals surface area contributed by atoms with Gasteiger partial charge >= 0.3 is 0 Å². The molecule has 3 N–H and O–H groups in total. The molecule has 0 bridgehead atoms. The van der Waals surface area contributed by atoms with Gasteiger partial charge in [0.2, 0.25) is 11.7 Å². The fourth-order valence-corrected chi connectivity index (χ4v) is 3.69. The summed E-state index contributed by atoms with van der Waals surface area (Å²) in [5.41, 5.74) is 8.68. The molecule has 1 aliphatic rings. The minimum Gasteiger partial charge on any atom is -0.490 e. The Balaban J connectivity index is 1.92. The van der Waals surface area contributed by atoms with Gasteiger partial charge in [-0.05, 0) is 43.0 Å². The molecular weight excluding hydrogens is 370 g/mol. The van der Waals surface area contributed by atoms with E-state index in [-0.39, 0.29) is 5.91 Å². The summed E-state index contributed by atoms with van der Waals surface area (Å²) in [5, 5.41) is 2.72. The molecule has 7 nitrogen and oxygen atoms in total. The molecule has 1 aromatic heterocycles. The topological polar surface area (TPSA) is 95.7 Å². The van der Waals surface area contributed by atoms with Gasteiger partial charge < -0.3 is 25.3 Å². The molecule has 1 aromatic carbocycles. The van der Waals surface area contributed by atoms with E-state index in [1.165, 1.54) is 6.92 Å². The summed E-state index contributed by atoms with van der Waals surface area (Å²) >= 11 is 0. The maximum atomic E-state index is 11.4. The van der Waals surface area contributed by atoms with Crippen LogP contribution >= 0.6 is 0 Å². The second kappa shape index (κ2) is 8.29. The number of carbonyl (C=O) groups excluding carboxylic acids is 1. The van der Waals surface area contributed by atoms with Crippen LogP contribution < -0.4 is 25.3 Å². The van der Waals surface area contributed by atoms with E-state index >= 15 is 0 Å². The van der Waals surface area contributed by atoms with Crippen LogP contribution in [0.25, 0.3) is 11.1 Å². The second-order valence-corrected chi connectivity index (χ2v) is 8.21. The van der Waals surface area contributed by atoms with E-state index in [0.717, 1.165) is 23.1 Å². The number of carbonyl (C=O) groups is 1. The Labute approximate surface area is 171 Å². The first kappa shape index (κ1) is 20.9. The lowest BCUT2D eigenvalue weighted by Gasteiger charge is -2.28. The van der Waals surface area contributed by atoms with Crippen molar-refractivity contribution in [1.82, 2.24) is 4.98 Å². The molecule has 0 spiro atoms. The Morgan fingerprint density at radius 3 is 2.79 bits per heavy atom. The number of rotatable bonds is 7. The largest absolute Gasteiger partial charge is 0.490 e. The molecule has 2 aromatic rings. The summed E-state index contributed by atoms with van der Waals surface area (Å²) in [7, 11) is 1.59. The third kappa shape index (κ3) is 4.79. The zero-order valence-electron chi connectivity index (χ0n) is 17.7. The Morgan fingerprint density at radius 2 is 2.14 bits per heavy atom. The summed E-state index contributed by atoms with van der Waals surface area (Å²) in [6.07, 6.45) is 2.56. The smallest absolute Gasteiger partial charge is 0.222 e. The number of ether oxygens (including phenoxy) is 3. The van der Waals surface area contributed by atoms with Crippen LogP contribution in [0.15, 0.2) is 24.4 Å². The number of nitrogens with one attached hydrogen (secondary N) is 1. The van der Waals surface area contributed by atoms with Crippen LogP contribution in [0.3, 0.4) is 0 Å². The van der Waals surface area contributed by atoms with Crippen molar-refractivity contribution in [3.63, 3.8) is 0 Å². The monoisotopic (exact) mass is 399 g/mol. The van der Waals surface area contributed by atoms with E-state index in [2.05, 4.69) is 24.1 Å². The van der Waals surface area contributed by atoms with Crippen molar-refractivity contribution in [2.24, 2.45) is 11.7 Å². The van der Waals surface area contributed by atoms with E-state index in [1.807, 2.05) is 25.1 Å². The SMILES string of the molecule is COc1c(OCC(C)(N)CC(C)C)ccc2c1OCc1cnc(NC(C)=O)cc1-2. The lowest BCUT2D eigenvalue weighted by atomic mass is 9.93. The van der Waals surface area contributed by atoms with Crippen molar-refractivity contribution in [2.45, 2.75) is 46.3 Å². The summed E-state index contributed by atoms with van der Waals surface area (Å²) in [5.74, 6) is 2.54. The molecule has 0 fully saturated rings. The first-order valence-electron chi connectivity index (χ1n) is 9.72. The van der Waals surface area contributed by atoms with Crippen LogP contribution in [0.2, 0.25) is 0 Å². The number of pyridine rings is 1. The van der Waals surface area contributed by atoms with Crippen LogP contribution in [0.5, 0.6) is 17.2 Å².